The van der Waals surface area contributed by atoms with E-state index >= 15 is 0 Å². The van der Waals surface area contributed by atoms with E-state index in [1.165, 1.54) is 6.92 Å². The molecule has 6 heteroatoms. The summed E-state index contributed by atoms with van der Waals surface area (Å²) in [6.07, 6.45) is 3.56. The number of nitrogens with zero attached hydrogens (tertiary/aromatic N) is 1. The molecular formula is C29H19Cl2NO3. The van der Waals surface area contributed by atoms with Gasteiger partial charge in [0.1, 0.15) is 11.5 Å². The molecule has 4 nitrogen and oxygen atoms in total. The number of anilines is 1. The van der Waals surface area contributed by atoms with Crippen molar-refractivity contribution >= 4 is 52.4 Å². The van der Waals surface area contributed by atoms with Crippen LogP contribution in [0.4, 0.5) is 5.69 Å². The molecule has 0 fully saturated rings. The van der Waals surface area contributed by atoms with Crippen molar-refractivity contribution < 1.29 is 14.0 Å². The molecule has 0 unspecified atom stereocenters. The van der Waals surface area contributed by atoms with E-state index in [0.717, 1.165) is 16.8 Å². The van der Waals surface area contributed by atoms with Crippen LogP contribution in [0.15, 0.2) is 101 Å². The molecule has 2 heterocycles. The van der Waals surface area contributed by atoms with Crippen molar-refractivity contribution in [3.05, 3.63) is 124 Å². The van der Waals surface area contributed by atoms with Crippen LogP contribution in [-0.4, -0.2) is 11.7 Å². The van der Waals surface area contributed by atoms with E-state index in [-0.39, 0.29) is 11.7 Å². The zero-order valence-electron chi connectivity index (χ0n) is 18.7. The van der Waals surface area contributed by atoms with Gasteiger partial charge in [-0.3, -0.25) is 14.5 Å². The molecule has 172 valence electrons. The lowest BCUT2D eigenvalue weighted by Gasteiger charge is -2.21. The van der Waals surface area contributed by atoms with Crippen molar-refractivity contribution in [2.45, 2.75) is 6.92 Å². The summed E-state index contributed by atoms with van der Waals surface area (Å²) in [6.45, 7) is 1.52. The van der Waals surface area contributed by atoms with E-state index in [1.54, 1.807) is 53.4 Å². The molecule has 4 aromatic rings. The van der Waals surface area contributed by atoms with Crippen molar-refractivity contribution in [2.24, 2.45) is 0 Å². The lowest BCUT2D eigenvalue weighted by Crippen LogP contribution is -2.25. The zero-order valence-corrected chi connectivity index (χ0v) is 20.2. The molecule has 5 rings (SSSR count). The second-order valence-electron chi connectivity index (χ2n) is 8.07. The molecule has 35 heavy (non-hydrogen) atoms. The molecule has 0 atom stereocenters. The number of carbonyl (C=O) groups excluding carboxylic acids is 2. The fourth-order valence-electron chi connectivity index (χ4n) is 3.93. The van der Waals surface area contributed by atoms with Crippen LogP contribution < -0.4 is 4.90 Å². The Morgan fingerprint density at radius 3 is 2.29 bits per heavy atom. The highest BCUT2D eigenvalue weighted by molar-refractivity contribution is 6.42. The smallest absolute Gasteiger partial charge is 0.263 e. The minimum atomic E-state index is -0.188. The van der Waals surface area contributed by atoms with Gasteiger partial charge in [0.15, 0.2) is 5.78 Å². The number of furan rings is 1. The number of hydrogen-bond donors (Lipinski definition) is 0. The van der Waals surface area contributed by atoms with Crippen LogP contribution in [0.3, 0.4) is 0 Å². The van der Waals surface area contributed by atoms with Crippen LogP contribution in [0.25, 0.3) is 23.1 Å². The molecule has 0 aliphatic carbocycles. The van der Waals surface area contributed by atoms with Crippen LogP contribution >= 0.6 is 23.2 Å². The van der Waals surface area contributed by atoms with Gasteiger partial charge in [-0.1, -0.05) is 53.5 Å². The van der Waals surface area contributed by atoms with E-state index in [4.69, 9.17) is 27.6 Å². The highest BCUT2D eigenvalue weighted by Crippen LogP contribution is 2.36. The predicted molar refractivity (Wildman–Crippen MR) is 140 cm³/mol. The van der Waals surface area contributed by atoms with E-state index < -0.39 is 0 Å². The first-order valence-electron chi connectivity index (χ1n) is 10.9. The number of rotatable bonds is 5. The standard InChI is InChI=1S/C29H19Cl2NO3/c1-18(33)19-7-10-23(11-8-19)32-27(20-5-3-2-4-6-20)17-22(29(32)34)15-24-12-14-28(35-24)21-9-13-25(30)26(31)16-21/h2-17H,1H3/b22-15+. The maximum Gasteiger partial charge on any atom is 0.263 e. The molecule has 1 aromatic heterocycles. The van der Waals surface area contributed by atoms with Gasteiger partial charge in [0.25, 0.3) is 5.91 Å². The normalized spacial score (nSPS) is 14.5. The Bertz CT molecular complexity index is 1500. The van der Waals surface area contributed by atoms with Crippen molar-refractivity contribution in [1.82, 2.24) is 0 Å². The Kier molecular flexibility index (Phi) is 6.16. The summed E-state index contributed by atoms with van der Waals surface area (Å²) in [6, 6.07) is 25.6. The van der Waals surface area contributed by atoms with Gasteiger partial charge >= 0.3 is 0 Å². The van der Waals surface area contributed by atoms with Crippen LogP contribution in [-0.2, 0) is 4.79 Å². The minimum Gasteiger partial charge on any atom is -0.457 e. The Labute approximate surface area is 212 Å². The number of halogens is 2. The van der Waals surface area contributed by atoms with Crippen LogP contribution in [0.5, 0.6) is 0 Å². The van der Waals surface area contributed by atoms with Crippen molar-refractivity contribution in [2.75, 3.05) is 4.90 Å². The summed E-state index contributed by atoms with van der Waals surface area (Å²) in [7, 11) is 0. The molecule has 0 spiro atoms. The molecule has 1 amide bonds. The molecule has 3 aromatic carbocycles. The molecule has 0 saturated heterocycles. The van der Waals surface area contributed by atoms with Gasteiger partial charge in [-0.25, -0.2) is 0 Å². The third-order valence-electron chi connectivity index (χ3n) is 5.71. The number of carbonyl (C=O) groups is 2. The first kappa shape index (κ1) is 22.9. The van der Waals surface area contributed by atoms with Gasteiger partial charge < -0.3 is 4.42 Å². The molecule has 0 N–H and O–H groups in total. The molecular weight excluding hydrogens is 481 g/mol. The summed E-state index contributed by atoms with van der Waals surface area (Å²) >= 11 is 12.2. The van der Waals surface area contributed by atoms with E-state index in [0.29, 0.717) is 38.4 Å². The SMILES string of the molecule is CC(=O)c1ccc(N2C(=O)/C(=C/c3ccc(-c4ccc(Cl)c(Cl)c4)o3)C=C2c2ccccc2)cc1. The largest absolute Gasteiger partial charge is 0.457 e. The Morgan fingerprint density at radius 2 is 1.60 bits per heavy atom. The van der Waals surface area contributed by atoms with Crippen LogP contribution in [0.2, 0.25) is 10.0 Å². The van der Waals surface area contributed by atoms with Crippen molar-refractivity contribution in [1.29, 1.82) is 0 Å². The Morgan fingerprint density at radius 1 is 0.857 bits per heavy atom. The van der Waals surface area contributed by atoms with Crippen molar-refractivity contribution in [3.63, 3.8) is 0 Å². The number of amides is 1. The van der Waals surface area contributed by atoms with Gasteiger partial charge in [0.05, 0.1) is 15.7 Å². The Hall–Kier alpha value is -3.86. The number of benzene rings is 3. The number of ketones is 1. The fourth-order valence-corrected chi connectivity index (χ4v) is 4.22. The van der Waals surface area contributed by atoms with E-state index in [9.17, 15) is 9.59 Å². The summed E-state index contributed by atoms with van der Waals surface area (Å²) < 4.78 is 5.98. The van der Waals surface area contributed by atoms with Crippen LogP contribution in [0, 0.1) is 0 Å². The Balaban J connectivity index is 1.52. The average Bonchev–Trinajstić information content (AvgIpc) is 3.46. The molecule has 1 aliphatic rings. The van der Waals surface area contributed by atoms with Gasteiger partial charge in [0, 0.05) is 22.4 Å². The highest BCUT2D eigenvalue weighted by atomic mass is 35.5. The third kappa shape index (κ3) is 4.59. The monoisotopic (exact) mass is 499 g/mol. The molecule has 1 aliphatic heterocycles. The van der Waals surface area contributed by atoms with Gasteiger partial charge in [-0.05, 0) is 79.2 Å². The quantitative estimate of drug-likeness (QED) is 0.207. The second kappa shape index (κ2) is 9.41. The highest BCUT2D eigenvalue weighted by Gasteiger charge is 2.30. The topological polar surface area (TPSA) is 50.5 Å². The third-order valence-corrected chi connectivity index (χ3v) is 6.45. The fraction of sp³-hybridized carbons (Fsp3) is 0.0345. The first-order chi connectivity index (χ1) is 16.9. The second-order valence-corrected chi connectivity index (χ2v) is 8.88. The molecule has 0 radical (unpaired) electrons. The lowest BCUT2D eigenvalue weighted by molar-refractivity contribution is -0.113. The zero-order chi connectivity index (χ0) is 24.5. The first-order valence-corrected chi connectivity index (χ1v) is 11.7. The predicted octanol–water partition coefficient (Wildman–Crippen LogP) is 7.93. The maximum atomic E-state index is 13.5. The van der Waals surface area contributed by atoms with Gasteiger partial charge in [0.2, 0.25) is 0 Å². The summed E-state index contributed by atoms with van der Waals surface area (Å²) in [4.78, 5) is 26.9. The van der Waals surface area contributed by atoms with Crippen LogP contribution in [0.1, 0.15) is 28.6 Å². The minimum absolute atomic E-state index is 0.0284. The summed E-state index contributed by atoms with van der Waals surface area (Å²) in [5.41, 5.74) is 4.18. The van der Waals surface area contributed by atoms with Gasteiger partial charge in [-0.2, -0.15) is 0 Å². The summed E-state index contributed by atoms with van der Waals surface area (Å²) in [5, 5.41) is 0.907. The van der Waals surface area contributed by atoms with E-state index in [2.05, 4.69) is 0 Å². The van der Waals surface area contributed by atoms with E-state index in [1.807, 2.05) is 48.5 Å². The summed E-state index contributed by atoms with van der Waals surface area (Å²) in [5.74, 6) is 0.933. The molecule has 0 saturated carbocycles. The van der Waals surface area contributed by atoms with Gasteiger partial charge in [-0.15, -0.1) is 0 Å². The maximum absolute atomic E-state index is 13.5. The number of Topliss-reactive ketones (excluding diaryl/α,β-unsaturated/α-hetero) is 1. The molecule has 0 bridgehead atoms. The lowest BCUT2D eigenvalue weighted by atomic mass is 10.1. The number of hydrogen-bond acceptors (Lipinski definition) is 3. The average molecular weight is 500 g/mol. The van der Waals surface area contributed by atoms with Crippen molar-refractivity contribution in [3.8, 4) is 11.3 Å².